The van der Waals surface area contributed by atoms with E-state index in [1.165, 1.54) is 0 Å². The minimum atomic E-state index is -0.512. The fraction of sp³-hybridized carbons (Fsp3) is 0.579. The molecule has 0 atom stereocenters. The van der Waals surface area contributed by atoms with Crippen molar-refractivity contribution >= 4 is 12.0 Å². The zero-order valence-corrected chi connectivity index (χ0v) is 15.5. The van der Waals surface area contributed by atoms with E-state index in [-0.39, 0.29) is 29.4 Å². The van der Waals surface area contributed by atoms with E-state index in [1.54, 1.807) is 23.1 Å². The number of aromatic hydroxyl groups is 1. The van der Waals surface area contributed by atoms with Gasteiger partial charge in [-0.15, -0.1) is 0 Å². The number of nitrogens with one attached hydrogen (secondary N) is 1. The monoisotopic (exact) mass is 348 g/mol. The summed E-state index contributed by atoms with van der Waals surface area (Å²) in [6.07, 6.45) is 2.34. The van der Waals surface area contributed by atoms with E-state index >= 15 is 0 Å². The van der Waals surface area contributed by atoms with Crippen LogP contribution in [0.25, 0.3) is 0 Å². The molecule has 25 heavy (non-hydrogen) atoms. The second kappa shape index (κ2) is 7.76. The summed E-state index contributed by atoms with van der Waals surface area (Å²) in [5, 5.41) is 12.6. The van der Waals surface area contributed by atoms with Gasteiger partial charge in [0, 0.05) is 19.1 Å². The van der Waals surface area contributed by atoms with Gasteiger partial charge in [0.1, 0.15) is 11.4 Å². The van der Waals surface area contributed by atoms with E-state index in [2.05, 4.69) is 5.32 Å². The van der Waals surface area contributed by atoms with Crippen molar-refractivity contribution in [3.05, 3.63) is 29.3 Å². The first-order valence-corrected chi connectivity index (χ1v) is 8.75. The molecular weight excluding hydrogens is 320 g/mol. The fourth-order valence-corrected chi connectivity index (χ4v) is 2.51. The summed E-state index contributed by atoms with van der Waals surface area (Å²) in [6.45, 7) is 8.38. The summed E-state index contributed by atoms with van der Waals surface area (Å²) in [7, 11) is 0. The number of carbonyl (C=O) groups excluding carboxylic acids is 2. The van der Waals surface area contributed by atoms with Crippen molar-refractivity contribution in [2.75, 3.05) is 13.1 Å². The number of hydrogen-bond donors (Lipinski definition) is 2. The normalized spacial score (nSPS) is 14.1. The van der Waals surface area contributed by atoms with Gasteiger partial charge in [-0.05, 0) is 64.7 Å². The summed E-state index contributed by atoms with van der Waals surface area (Å²) < 4.78 is 5.44. The van der Waals surface area contributed by atoms with Crippen molar-refractivity contribution in [3.8, 4) is 5.75 Å². The van der Waals surface area contributed by atoms with Gasteiger partial charge >= 0.3 is 6.09 Å². The molecule has 1 aliphatic carbocycles. The lowest BCUT2D eigenvalue weighted by atomic mass is 10.1. The highest BCUT2D eigenvalue weighted by molar-refractivity contribution is 5.96. The van der Waals surface area contributed by atoms with Crippen molar-refractivity contribution in [3.63, 3.8) is 0 Å². The first-order chi connectivity index (χ1) is 11.7. The second-order valence-corrected chi connectivity index (χ2v) is 7.53. The minimum Gasteiger partial charge on any atom is -0.507 e. The van der Waals surface area contributed by atoms with Crippen molar-refractivity contribution in [1.29, 1.82) is 0 Å². The van der Waals surface area contributed by atoms with Gasteiger partial charge in [0.2, 0.25) is 0 Å². The maximum atomic E-state index is 12.2. The zero-order chi connectivity index (χ0) is 18.6. The summed E-state index contributed by atoms with van der Waals surface area (Å²) in [5.74, 6) is -0.335. The Morgan fingerprint density at radius 1 is 1.32 bits per heavy atom. The number of phenols is 1. The summed E-state index contributed by atoms with van der Waals surface area (Å²) in [6, 6.07) is 5.21. The molecule has 0 aromatic heterocycles. The molecular formula is C19H28N2O4. The Labute approximate surface area is 149 Å². The third-order valence-electron chi connectivity index (χ3n) is 3.87. The van der Waals surface area contributed by atoms with Crippen LogP contribution in [-0.4, -0.2) is 46.7 Å². The van der Waals surface area contributed by atoms with Crippen molar-refractivity contribution in [1.82, 2.24) is 10.2 Å². The van der Waals surface area contributed by atoms with Crippen molar-refractivity contribution in [2.24, 2.45) is 0 Å². The lowest BCUT2D eigenvalue weighted by molar-refractivity contribution is 0.0232. The van der Waals surface area contributed by atoms with E-state index in [1.807, 2.05) is 27.7 Å². The maximum Gasteiger partial charge on any atom is 0.410 e. The topological polar surface area (TPSA) is 78.9 Å². The zero-order valence-electron chi connectivity index (χ0n) is 15.5. The molecule has 2 rings (SSSR count). The van der Waals surface area contributed by atoms with Crippen LogP contribution in [0.3, 0.4) is 0 Å². The molecule has 6 heteroatoms. The van der Waals surface area contributed by atoms with E-state index in [0.29, 0.717) is 19.5 Å². The lowest BCUT2D eigenvalue weighted by Gasteiger charge is -2.27. The number of amides is 2. The highest BCUT2D eigenvalue weighted by Crippen LogP contribution is 2.28. The van der Waals surface area contributed by atoms with Gasteiger partial charge in [-0.3, -0.25) is 4.79 Å². The molecule has 6 nitrogen and oxygen atoms in total. The number of carbonyl (C=O) groups is 2. The molecule has 1 aromatic carbocycles. The maximum absolute atomic E-state index is 12.2. The molecule has 2 amide bonds. The smallest absolute Gasteiger partial charge is 0.410 e. The quantitative estimate of drug-likeness (QED) is 0.774. The Morgan fingerprint density at radius 3 is 2.56 bits per heavy atom. The van der Waals surface area contributed by atoms with Crippen LogP contribution < -0.4 is 5.32 Å². The molecule has 0 heterocycles. The van der Waals surface area contributed by atoms with Crippen LogP contribution in [0, 0.1) is 6.92 Å². The predicted octanol–water partition coefficient (Wildman–Crippen LogP) is 3.22. The number of ether oxygens (including phenoxy) is 1. The minimum absolute atomic E-state index is 0.0224. The molecule has 0 spiro atoms. The van der Waals surface area contributed by atoms with Crippen LogP contribution in [-0.2, 0) is 4.74 Å². The van der Waals surface area contributed by atoms with Crippen LogP contribution in [0.4, 0.5) is 4.79 Å². The second-order valence-electron chi connectivity index (χ2n) is 7.53. The third kappa shape index (κ3) is 5.96. The van der Waals surface area contributed by atoms with Crippen molar-refractivity contribution in [2.45, 2.75) is 58.6 Å². The van der Waals surface area contributed by atoms with E-state index < -0.39 is 5.60 Å². The third-order valence-corrected chi connectivity index (χ3v) is 3.87. The predicted molar refractivity (Wildman–Crippen MR) is 95.8 cm³/mol. The number of aryl methyl sites for hydroxylation is 1. The lowest BCUT2D eigenvalue weighted by Crippen LogP contribution is -2.39. The molecule has 0 bridgehead atoms. The molecule has 0 radical (unpaired) electrons. The van der Waals surface area contributed by atoms with E-state index in [0.717, 1.165) is 18.4 Å². The number of hydrogen-bond acceptors (Lipinski definition) is 4. The average molecular weight is 348 g/mol. The molecule has 0 aliphatic heterocycles. The first-order valence-electron chi connectivity index (χ1n) is 8.75. The van der Waals surface area contributed by atoms with Gasteiger partial charge in [0.25, 0.3) is 5.91 Å². The van der Waals surface area contributed by atoms with Crippen LogP contribution >= 0.6 is 0 Å². The Morgan fingerprint density at radius 2 is 2.00 bits per heavy atom. The Bertz CT molecular complexity index is 633. The van der Waals surface area contributed by atoms with E-state index in [9.17, 15) is 14.7 Å². The number of rotatable bonds is 6. The van der Waals surface area contributed by atoms with Gasteiger partial charge in [0.15, 0.2) is 0 Å². The highest BCUT2D eigenvalue weighted by Gasteiger charge is 2.34. The van der Waals surface area contributed by atoms with E-state index in [4.69, 9.17) is 4.74 Å². The molecule has 2 N–H and O–H groups in total. The average Bonchev–Trinajstić information content (AvgIpc) is 3.29. The largest absolute Gasteiger partial charge is 0.507 e. The standard InChI is InChI=1S/C19H28N2O4/c1-13-6-9-15(16(22)12-13)17(23)20-10-5-11-21(14-7-8-14)18(24)25-19(2,3)4/h6,9,12,14,22H,5,7-8,10-11H2,1-4H3,(H,20,23). The van der Waals surface area contributed by atoms with Crippen LogP contribution in [0.2, 0.25) is 0 Å². The molecule has 1 fully saturated rings. The number of nitrogens with zero attached hydrogens (tertiary/aromatic N) is 1. The fourth-order valence-electron chi connectivity index (χ4n) is 2.51. The van der Waals surface area contributed by atoms with Gasteiger partial charge in [0.05, 0.1) is 5.56 Å². The van der Waals surface area contributed by atoms with Gasteiger partial charge < -0.3 is 20.1 Å². The van der Waals surface area contributed by atoms with Gasteiger partial charge in [-0.25, -0.2) is 4.79 Å². The molecule has 1 saturated carbocycles. The van der Waals surface area contributed by atoms with Crippen LogP contribution in [0.5, 0.6) is 5.75 Å². The summed E-state index contributed by atoms with van der Waals surface area (Å²) >= 11 is 0. The molecule has 0 saturated heterocycles. The molecule has 1 aromatic rings. The molecule has 138 valence electrons. The van der Waals surface area contributed by atoms with Crippen LogP contribution in [0.15, 0.2) is 18.2 Å². The summed E-state index contributed by atoms with van der Waals surface area (Å²) in [4.78, 5) is 26.1. The molecule has 0 unspecified atom stereocenters. The SMILES string of the molecule is Cc1ccc(C(=O)NCCCN(C(=O)OC(C)(C)C)C2CC2)c(O)c1. The van der Waals surface area contributed by atoms with Gasteiger partial charge in [-0.2, -0.15) is 0 Å². The number of benzene rings is 1. The Kier molecular flexibility index (Phi) is 5.93. The Balaban J connectivity index is 1.80. The number of phenolic OH excluding ortho intramolecular Hbond substituents is 1. The molecule has 1 aliphatic rings. The Hall–Kier alpha value is -2.24. The summed E-state index contributed by atoms with van der Waals surface area (Å²) in [5.41, 5.74) is 0.643. The first kappa shape index (κ1) is 19.1. The van der Waals surface area contributed by atoms with Gasteiger partial charge in [-0.1, -0.05) is 6.07 Å². The van der Waals surface area contributed by atoms with Crippen molar-refractivity contribution < 1.29 is 19.4 Å². The highest BCUT2D eigenvalue weighted by atomic mass is 16.6. The van der Waals surface area contributed by atoms with Crippen LogP contribution in [0.1, 0.15) is 56.0 Å².